The molecule has 134 valence electrons. The zero-order chi connectivity index (χ0) is 18.8. The van der Waals surface area contributed by atoms with Gasteiger partial charge in [-0.05, 0) is 19.1 Å². The van der Waals surface area contributed by atoms with Crippen LogP contribution >= 0.6 is 0 Å². The number of hydrogen-bond donors (Lipinski definition) is 1. The van der Waals surface area contributed by atoms with Crippen LogP contribution in [0.4, 0.5) is 4.79 Å². The van der Waals surface area contributed by atoms with E-state index < -0.39 is 6.03 Å². The third-order valence-corrected chi connectivity index (χ3v) is 4.20. The van der Waals surface area contributed by atoms with Crippen LogP contribution in [0.1, 0.15) is 11.1 Å². The molecule has 0 radical (unpaired) electrons. The van der Waals surface area contributed by atoms with Crippen LogP contribution in [-0.4, -0.2) is 39.5 Å². The quantitative estimate of drug-likeness (QED) is 0.575. The molecule has 2 aromatic carbocycles. The van der Waals surface area contributed by atoms with Crippen LogP contribution in [0, 0.1) is 6.92 Å². The zero-order valence-corrected chi connectivity index (χ0v) is 14.7. The summed E-state index contributed by atoms with van der Waals surface area (Å²) in [5.74, 6) is -0.365. The van der Waals surface area contributed by atoms with Crippen molar-refractivity contribution in [1.29, 1.82) is 0 Å². The Labute approximate surface area is 155 Å². The van der Waals surface area contributed by atoms with E-state index in [-0.39, 0.29) is 12.5 Å². The van der Waals surface area contributed by atoms with Gasteiger partial charge >= 0.3 is 6.03 Å². The first kappa shape index (κ1) is 16.7. The molecule has 2 heterocycles. The van der Waals surface area contributed by atoms with Crippen LogP contribution in [0.3, 0.4) is 0 Å². The first-order chi connectivity index (χ1) is 13.1. The smallest absolute Gasteiger partial charge is 0.275 e. The van der Waals surface area contributed by atoms with Crippen LogP contribution in [-0.2, 0) is 4.79 Å². The Bertz CT molecular complexity index is 1020. The summed E-state index contributed by atoms with van der Waals surface area (Å²) < 4.78 is 1.77. The van der Waals surface area contributed by atoms with Gasteiger partial charge in [0.15, 0.2) is 0 Å². The van der Waals surface area contributed by atoms with E-state index in [1.807, 2.05) is 67.7 Å². The molecule has 7 nitrogen and oxygen atoms in total. The van der Waals surface area contributed by atoms with E-state index in [1.165, 1.54) is 0 Å². The van der Waals surface area contributed by atoms with Crippen molar-refractivity contribution in [3.8, 4) is 16.9 Å². The third-order valence-electron chi connectivity index (χ3n) is 4.20. The number of carbonyl (C=O) groups excluding carboxylic acids is 2. The molecule has 0 saturated carbocycles. The number of hydrogen-bond acceptors (Lipinski definition) is 4. The van der Waals surface area contributed by atoms with Crippen molar-refractivity contribution in [2.24, 2.45) is 5.10 Å². The van der Waals surface area contributed by atoms with Crippen molar-refractivity contribution >= 4 is 18.2 Å². The summed E-state index contributed by atoms with van der Waals surface area (Å²) in [5, 5.41) is 12.2. The summed E-state index contributed by atoms with van der Waals surface area (Å²) in [6.45, 7) is 1.94. The molecule has 3 aromatic rings. The lowest BCUT2D eigenvalue weighted by Gasteiger charge is -2.04. The highest BCUT2D eigenvalue weighted by atomic mass is 16.2. The Hall–Kier alpha value is -3.74. The molecule has 4 rings (SSSR count). The summed E-state index contributed by atoms with van der Waals surface area (Å²) in [6.07, 6.45) is 3.41. The molecule has 1 aliphatic heterocycles. The summed E-state index contributed by atoms with van der Waals surface area (Å²) in [5.41, 5.74) is 4.50. The van der Waals surface area contributed by atoms with Gasteiger partial charge in [0.1, 0.15) is 12.2 Å². The van der Waals surface area contributed by atoms with E-state index in [4.69, 9.17) is 5.10 Å². The van der Waals surface area contributed by atoms with Crippen molar-refractivity contribution in [3.63, 3.8) is 0 Å². The molecule has 0 spiro atoms. The minimum atomic E-state index is -0.524. The number of aryl methyl sites for hydroxylation is 1. The molecule has 0 aliphatic carbocycles. The van der Waals surface area contributed by atoms with Crippen LogP contribution in [0.2, 0.25) is 0 Å². The van der Waals surface area contributed by atoms with Gasteiger partial charge in [0.05, 0.1) is 11.9 Å². The fraction of sp³-hybridized carbons (Fsp3) is 0.100. The average Bonchev–Trinajstić information content (AvgIpc) is 3.24. The molecule has 1 saturated heterocycles. The number of imide groups is 1. The molecule has 0 unspecified atom stereocenters. The lowest BCUT2D eigenvalue weighted by molar-refractivity contribution is -0.118. The zero-order valence-electron chi connectivity index (χ0n) is 14.7. The average molecular weight is 359 g/mol. The Morgan fingerprint density at radius 1 is 1.07 bits per heavy atom. The fourth-order valence-corrected chi connectivity index (χ4v) is 2.79. The minimum absolute atomic E-state index is 0.0813. The number of benzene rings is 2. The van der Waals surface area contributed by atoms with Crippen LogP contribution in [0.5, 0.6) is 0 Å². The number of para-hydroxylation sites is 1. The van der Waals surface area contributed by atoms with Crippen molar-refractivity contribution in [3.05, 3.63) is 71.9 Å². The monoisotopic (exact) mass is 359 g/mol. The number of hydrazone groups is 1. The first-order valence-corrected chi connectivity index (χ1v) is 8.47. The molecule has 1 aromatic heterocycles. The third kappa shape index (κ3) is 3.48. The molecule has 27 heavy (non-hydrogen) atoms. The Morgan fingerprint density at radius 2 is 1.81 bits per heavy atom. The highest BCUT2D eigenvalue weighted by molar-refractivity contribution is 6.02. The normalized spacial score (nSPS) is 14.2. The van der Waals surface area contributed by atoms with Crippen molar-refractivity contribution < 1.29 is 9.59 Å². The second-order valence-corrected chi connectivity index (χ2v) is 6.23. The maximum absolute atomic E-state index is 11.7. The van der Waals surface area contributed by atoms with Gasteiger partial charge in [0, 0.05) is 17.3 Å². The van der Waals surface area contributed by atoms with Gasteiger partial charge in [0.25, 0.3) is 0 Å². The Morgan fingerprint density at radius 3 is 2.48 bits per heavy atom. The number of rotatable bonds is 4. The number of amides is 3. The number of carbonyl (C=O) groups is 2. The van der Waals surface area contributed by atoms with Crippen LogP contribution < -0.4 is 5.32 Å². The van der Waals surface area contributed by atoms with E-state index >= 15 is 0 Å². The van der Waals surface area contributed by atoms with E-state index in [0.717, 1.165) is 33.1 Å². The van der Waals surface area contributed by atoms with Gasteiger partial charge in [-0.15, -0.1) is 0 Å². The van der Waals surface area contributed by atoms with E-state index in [1.54, 1.807) is 10.9 Å². The molecular weight excluding hydrogens is 342 g/mol. The van der Waals surface area contributed by atoms with E-state index in [0.29, 0.717) is 0 Å². The molecule has 0 atom stereocenters. The van der Waals surface area contributed by atoms with Gasteiger partial charge in [-0.1, -0.05) is 48.0 Å². The SMILES string of the molecule is Cc1ccc(-c2nn(-c3ccccc3)cc2/C=N\N2CC(=O)NC2=O)cc1. The van der Waals surface area contributed by atoms with Crippen LogP contribution in [0.15, 0.2) is 65.9 Å². The van der Waals surface area contributed by atoms with Gasteiger partial charge in [0.2, 0.25) is 5.91 Å². The summed E-state index contributed by atoms with van der Waals surface area (Å²) >= 11 is 0. The van der Waals surface area contributed by atoms with Crippen LogP contribution in [0.25, 0.3) is 16.9 Å². The van der Waals surface area contributed by atoms with Gasteiger partial charge in [-0.2, -0.15) is 10.2 Å². The maximum atomic E-state index is 11.7. The highest BCUT2D eigenvalue weighted by Gasteiger charge is 2.26. The standard InChI is InChI=1S/C20H17N5O2/c1-14-7-9-15(10-8-14)19-16(11-21-25-13-18(26)22-20(25)27)12-24(23-19)17-5-3-2-4-6-17/h2-12H,13H2,1H3,(H,22,26,27)/b21-11-. The van der Waals surface area contributed by atoms with Gasteiger partial charge in [-0.25, -0.2) is 14.5 Å². The predicted molar refractivity (Wildman–Crippen MR) is 102 cm³/mol. The predicted octanol–water partition coefficient (Wildman–Crippen LogP) is 2.73. The number of nitrogens with one attached hydrogen (secondary N) is 1. The van der Waals surface area contributed by atoms with Crippen molar-refractivity contribution in [1.82, 2.24) is 20.1 Å². The van der Waals surface area contributed by atoms with Gasteiger partial charge < -0.3 is 0 Å². The van der Waals surface area contributed by atoms with Gasteiger partial charge in [-0.3, -0.25) is 10.1 Å². The molecule has 7 heteroatoms. The summed E-state index contributed by atoms with van der Waals surface area (Å²) in [4.78, 5) is 23.0. The lowest BCUT2D eigenvalue weighted by atomic mass is 10.1. The number of urea groups is 1. The van der Waals surface area contributed by atoms with Crippen molar-refractivity contribution in [2.75, 3.05) is 6.54 Å². The summed E-state index contributed by atoms with van der Waals surface area (Å²) in [7, 11) is 0. The van der Waals surface area contributed by atoms with E-state index in [9.17, 15) is 9.59 Å². The summed E-state index contributed by atoms with van der Waals surface area (Å²) in [6, 6.07) is 17.2. The van der Waals surface area contributed by atoms with E-state index in [2.05, 4.69) is 10.4 Å². The molecule has 0 bridgehead atoms. The second kappa shape index (κ2) is 6.87. The number of aromatic nitrogens is 2. The lowest BCUT2D eigenvalue weighted by Crippen LogP contribution is -2.24. The topological polar surface area (TPSA) is 79.6 Å². The second-order valence-electron chi connectivity index (χ2n) is 6.23. The molecule has 1 fully saturated rings. The first-order valence-electron chi connectivity index (χ1n) is 8.47. The fourth-order valence-electron chi connectivity index (χ4n) is 2.79. The largest absolute Gasteiger partial charge is 0.344 e. The highest BCUT2D eigenvalue weighted by Crippen LogP contribution is 2.23. The maximum Gasteiger partial charge on any atom is 0.344 e. The Balaban J connectivity index is 1.74. The molecular formula is C20H17N5O2. The molecule has 1 aliphatic rings. The molecule has 1 N–H and O–H groups in total. The molecule has 3 amide bonds. The number of nitrogens with zero attached hydrogens (tertiary/aromatic N) is 4. The Kier molecular flexibility index (Phi) is 4.25. The minimum Gasteiger partial charge on any atom is -0.275 e. The van der Waals surface area contributed by atoms with Crippen molar-refractivity contribution in [2.45, 2.75) is 6.92 Å².